The van der Waals surface area contributed by atoms with Gasteiger partial charge in [-0.2, -0.15) is 0 Å². The highest BCUT2D eigenvalue weighted by atomic mass is 35.5. The summed E-state index contributed by atoms with van der Waals surface area (Å²) in [5.74, 6) is 0. The topological polar surface area (TPSA) is 3.24 Å². The summed E-state index contributed by atoms with van der Waals surface area (Å²) in [6.07, 6.45) is 0. The minimum Gasteiger partial charge on any atom is -0.310 e. The van der Waals surface area contributed by atoms with Gasteiger partial charge in [0.05, 0.1) is 11.1 Å². The molecule has 0 radical (unpaired) electrons. The second kappa shape index (κ2) is 11.7. The molecule has 0 saturated carbocycles. The molecule has 8 aromatic rings. The maximum atomic E-state index is 6.90. The van der Waals surface area contributed by atoms with Crippen molar-refractivity contribution in [3.05, 3.63) is 221 Å². The largest absolute Gasteiger partial charge is 0.310 e. The van der Waals surface area contributed by atoms with Crippen LogP contribution in [0.2, 0.25) is 5.02 Å². The number of hydrogen-bond donors (Lipinski definition) is 0. The molecule has 0 aliphatic heterocycles. The van der Waals surface area contributed by atoms with Gasteiger partial charge < -0.3 is 4.90 Å². The first-order valence-electron chi connectivity index (χ1n) is 17.5. The van der Waals surface area contributed by atoms with Crippen LogP contribution in [-0.2, 0) is 5.41 Å². The van der Waals surface area contributed by atoms with Gasteiger partial charge in [0.2, 0.25) is 0 Å². The molecule has 240 valence electrons. The second-order valence-electron chi connectivity index (χ2n) is 13.4. The van der Waals surface area contributed by atoms with Gasteiger partial charge in [-0.1, -0.05) is 163 Å². The van der Waals surface area contributed by atoms with Crippen LogP contribution in [0.5, 0.6) is 0 Å². The van der Waals surface area contributed by atoms with Crippen molar-refractivity contribution in [3.8, 4) is 44.5 Å². The summed E-state index contributed by atoms with van der Waals surface area (Å²) in [7, 11) is 0. The Balaban J connectivity index is 1.23. The lowest BCUT2D eigenvalue weighted by Gasteiger charge is -2.32. The zero-order chi connectivity index (χ0) is 33.9. The smallest absolute Gasteiger partial charge is 0.0726 e. The van der Waals surface area contributed by atoms with Gasteiger partial charge in [0.1, 0.15) is 0 Å². The van der Waals surface area contributed by atoms with Crippen LogP contribution >= 0.6 is 11.6 Å². The van der Waals surface area contributed by atoms with Crippen LogP contribution in [0.15, 0.2) is 194 Å². The molecule has 2 aliphatic carbocycles. The van der Waals surface area contributed by atoms with Crippen LogP contribution < -0.4 is 4.90 Å². The number of fused-ring (bicyclic) bond motifs is 10. The summed E-state index contributed by atoms with van der Waals surface area (Å²) < 4.78 is 0. The van der Waals surface area contributed by atoms with Gasteiger partial charge in [-0.25, -0.2) is 0 Å². The normalized spacial score (nSPS) is 13.0. The summed E-state index contributed by atoms with van der Waals surface area (Å²) in [4.78, 5) is 2.42. The van der Waals surface area contributed by atoms with Gasteiger partial charge >= 0.3 is 0 Å². The van der Waals surface area contributed by atoms with E-state index in [0.29, 0.717) is 0 Å². The fourth-order valence-electron chi connectivity index (χ4n) is 8.62. The SMILES string of the molecule is Clc1ccc2c(c1)C1(c3ccccc3-c3ccccc31)c1cccc(N(c3ccc(-c4ccccc4)cc3)c3ccc(-c4ccccc4)cc3)c1-2. The Morgan fingerprint density at radius 2 is 0.824 bits per heavy atom. The second-order valence-corrected chi connectivity index (χ2v) is 13.8. The van der Waals surface area contributed by atoms with Crippen molar-refractivity contribution in [3.63, 3.8) is 0 Å². The molecule has 0 atom stereocenters. The van der Waals surface area contributed by atoms with E-state index in [2.05, 4.69) is 193 Å². The quantitative estimate of drug-likeness (QED) is 0.176. The van der Waals surface area contributed by atoms with Crippen LogP contribution in [0, 0.1) is 0 Å². The Kier molecular flexibility index (Phi) is 6.84. The Labute approximate surface area is 303 Å². The highest BCUT2D eigenvalue weighted by molar-refractivity contribution is 6.31. The maximum absolute atomic E-state index is 6.90. The van der Waals surface area contributed by atoms with E-state index in [4.69, 9.17) is 11.6 Å². The molecule has 0 amide bonds. The number of rotatable bonds is 5. The molecule has 0 heterocycles. The molecule has 8 aromatic carbocycles. The fraction of sp³-hybridized carbons (Fsp3) is 0.0204. The maximum Gasteiger partial charge on any atom is 0.0726 e. The molecule has 2 aliphatic rings. The van der Waals surface area contributed by atoms with Gasteiger partial charge in [-0.15, -0.1) is 0 Å². The Bertz CT molecular complexity index is 2440. The van der Waals surface area contributed by atoms with E-state index >= 15 is 0 Å². The van der Waals surface area contributed by atoms with Gasteiger partial charge in [-0.3, -0.25) is 0 Å². The van der Waals surface area contributed by atoms with Gasteiger partial charge in [-0.05, 0) is 104 Å². The van der Waals surface area contributed by atoms with Gasteiger partial charge in [0.15, 0.2) is 0 Å². The average Bonchev–Trinajstić information content (AvgIpc) is 3.67. The van der Waals surface area contributed by atoms with Crippen molar-refractivity contribution < 1.29 is 0 Å². The molecule has 0 N–H and O–H groups in total. The first kappa shape index (κ1) is 29.7. The first-order valence-corrected chi connectivity index (χ1v) is 17.8. The fourth-order valence-corrected chi connectivity index (χ4v) is 8.79. The molecule has 0 aromatic heterocycles. The first-order chi connectivity index (χ1) is 25.2. The summed E-state index contributed by atoms with van der Waals surface area (Å²) in [5, 5.41) is 0.745. The van der Waals surface area contributed by atoms with E-state index in [1.54, 1.807) is 0 Å². The van der Waals surface area contributed by atoms with Gasteiger partial charge in [0.25, 0.3) is 0 Å². The minimum absolute atomic E-state index is 0.487. The third-order valence-corrected chi connectivity index (χ3v) is 11.0. The lowest BCUT2D eigenvalue weighted by molar-refractivity contribution is 0.794. The van der Waals surface area contributed by atoms with E-state index in [1.807, 2.05) is 6.07 Å². The number of halogens is 1. The van der Waals surface area contributed by atoms with Gasteiger partial charge in [0, 0.05) is 22.0 Å². The molecule has 1 nitrogen and oxygen atoms in total. The lowest BCUT2D eigenvalue weighted by atomic mass is 9.70. The molecule has 2 heteroatoms. The lowest BCUT2D eigenvalue weighted by Crippen LogP contribution is -2.26. The molecule has 0 bridgehead atoms. The Morgan fingerprint density at radius 1 is 0.353 bits per heavy atom. The zero-order valence-electron chi connectivity index (χ0n) is 27.8. The molecule has 0 saturated heterocycles. The van der Waals surface area contributed by atoms with Crippen LogP contribution in [0.1, 0.15) is 22.3 Å². The van der Waals surface area contributed by atoms with Crippen molar-refractivity contribution in [2.24, 2.45) is 0 Å². The van der Waals surface area contributed by atoms with Crippen LogP contribution in [-0.4, -0.2) is 0 Å². The number of nitrogens with zero attached hydrogens (tertiary/aromatic N) is 1. The molecule has 51 heavy (non-hydrogen) atoms. The van der Waals surface area contributed by atoms with Crippen molar-refractivity contribution >= 4 is 28.7 Å². The average molecular weight is 670 g/mol. The highest BCUT2D eigenvalue weighted by Crippen LogP contribution is 2.65. The molecule has 0 unspecified atom stereocenters. The molecule has 10 rings (SSSR count). The molecular formula is C49H32ClN. The number of benzene rings is 8. The number of hydrogen-bond acceptors (Lipinski definition) is 1. The summed E-state index contributed by atoms with van der Waals surface area (Å²) in [6.45, 7) is 0. The predicted octanol–water partition coefficient (Wildman–Crippen LogP) is 13.5. The van der Waals surface area contributed by atoms with E-state index in [0.717, 1.165) is 22.1 Å². The van der Waals surface area contributed by atoms with Crippen molar-refractivity contribution in [1.29, 1.82) is 0 Å². The van der Waals surface area contributed by atoms with Crippen molar-refractivity contribution in [2.45, 2.75) is 5.41 Å². The number of anilines is 3. The van der Waals surface area contributed by atoms with E-state index < -0.39 is 5.41 Å². The monoisotopic (exact) mass is 669 g/mol. The van der Waals surface area contributed by atoms with E-state index in [-0.39, 0.29) is 0 Å². The van der Waals surface area contributed by atoms with Crippen LogP contribution in [0.3, 0.4) is 0 Å². The summed E-state index contributed by atoms with van der Waals surface area (Å²) >= 11 is 6.90. The van der Waals surface area contributed by atoms with Crippen molar-refractivity contribution in [1.82, 2.24) is 0 Å². The third-order valence-electron chi connectivity index (χ3n) is 10.8. The highest BCUT2D eigenvalue weighted by Gasteiger charge is 2.52. The van der Waals surface area contributed by atoms with E-state index in [9.17, 15) is 0 Å². The van der Waals surface area contributed by atoms with E-state index in [1.165, 1.54) is 66.8 Å². The Hall–Kier alpha value is -6.15. The van der Waals surface area contributed by atoms with Crippen LogP contribution in [0.25, 0.3) is 44.5 Å². The zero-order valence-corrected chi connectivity index (χ0v) is 28.6. The summed E-state index contributed by atoms with van der Waals surface area (Å²) in [6, 6.07) is 70.2. The van der Waals surface area contributed by atoms with Crippen LogP contribution in [0.4, 0.5) is 17.1 Å². The molecule has 0 fully saturated rings. The summed E-state index contributed by atoms with van der Waals surface area (Å²) in [5.41, 5.74) is 17.7. The third kappa shape index (κ3) is 4.49. The molecular weight excluding hydrogens is 638 g/mol. The predicted molar refractivity (Wildman–Crippen MR) is 213 cm³/mol. The Morgan fingerprint density at radius 3 is 1.37 bits per heavy atom. The minimum atomic E-state index is -0.487. The molecule has 1 spiro atoms. The standard InChI is InChI=1S/C49H32ClN/c50-37-26-31-42-46(32-37)49(43-18-9-7-16-40(43)41-17-8-10-19-44(41)49)45-20-11-21-47(48(42)45)51(38-27-22-35(23-28-38)33-12-3-1-4-13-33)39-29-24-36(25-30-39)34-14-5-2-6-15-34/h1-32H. The van der Waals surface area contributed by atoms with Crippen molar-refractivity contribution in [2.75, 3.05) is 4.90 Å².